The zero-order valence-corrected chi connectivity index (χ0v) is 12.4. The van der Waals surface area contributed by atoms with Gasteiger partial charge in [0, 0.05) is 19.3 Å². The van der Waals surface area contributed by atoms with E-state index in [1.807, 2.05) is 32.2 Å². The minimum atomic E-state index is -0.316. The summed E-state index contributed by atoms with van der Waals surface area (Å²) >= 11 is 0. The predicted molar refractivity (Wildman–Crippen MR) is 81.0 cm³/mol. The van der Waals surface area contributed by atoms with Crippen LogP contribution in [0.15, 0.2) is 18.2 Å². The molecule has 0 bridgehead atoms. The number of morpholine rings is 1. The van der Waals surface area contributed by atoms with Gasteiger partial charge in [0.1, 0.15) is 18.4 Å². The third-order valence-electron chi connectivity index (χ3n) is 3.92. The van der Waals surface area contributed by atoms with Crippen molar-refractivity contribution in [1.82, 2.24) is 5.32 Å². The van der Waals surface area contributed by atoms with Crippen molar-refractivity contribution in [2.45, 2.75) is 19.1 Å². The van der Waals surface area contributed by atoms with E-state index >= 15 is 0 Å². The molecular weight excluding hydrogens is 270 g/mol. The van der Waals surface area contributed by atoms with Gasteiger partial charge in [-0.2, -0.15) is 0 Å². The summed E-state index contributed by atoms with van der Waals surface area (Å²) in [5.74, 6) is 0.788. The SMILES string of the molecule is C[C@H]1OCCN[C@@H]1C(=O)Nc1ccc2c(c1)N(C)CCO2. The second-order valence-corrected chi connectivity index (χ2v) is 5.45. The van der Waals surface area contributed by atoms with Crippen LogP contribution >= 0.6 is 0 Å². The summed E-state index contributed by atoms with van der Waals surface area (Å²) < 4.78 is 11.1. The van der Waals surface area contributed by atoms with Gasteiger partial charge in [0.25, 0.3) is 0 Å². The molecule has 114 valence electrons. The minimum Gasteiger partial charge on any atom is -0.490 e. The average Bonchev–Trinajstić information content (AvgIpc) is 2.48. The first kappa shape index (κ1) is 14.2. The molecule has 1 fully saturated rings. The van der Waals surface area contributed by atoms with Crippen LogP contribution in [-0.4, -0.2) is 51.4 Å². The van der Waals surface area contributed by atoms with Crippen LogP contribution in [0.5, 0.6) is 5.75 Å². The van der Waals surface area contributed by atoms with E-state index in [1.165, 1.54) is 0 Å². The quantitative estimate of drug-likeness (QED) is 0.845. The molecule has 6 nitrogen and oxygen atoms in total. The normalized spacial score (nSPS) is 25.0. The molecule has 1 aromatic rings. The lowest BCUT2D eigenvalue weighted by Crippen LogP contribution is -2.53. The van der Waals surface area contributed by atoms with Gasteiger partial charge < -0.3 is 25.0 Å². The number of amides is 1. The third-order valence-corrected chi connectivity index (χ3v) is 3.92. The molecule has 0 unspecified atom stereocenters. The molecule has 2 aliphatic rings. The Hall–Kier alpha value is -1.79. The van der Waals surface area contributed by atoms with Gasteiger partial charge in [0.2, 0.25) is 5.91 Å². The number of nitrogens with one attached hydrogen (secondary N) is 2. The summed E-state index contributed by atoms with van der Waals surface area (Å²) in [7, 11) is 2.02. The van der Waals surface area contributed by atoms with Crippen molar-refractivity contribution >= 4 is 17.3 Å². The molecule has 21 heavy (non-hydrogen) atoms. The number of anilines is 2. The number of hydrogen-bond acceptors (Lipinski definition) is 5. The average molecular weight is 291 g/mol. The van der Waals surface area contributed by atoms with Gasteiger partial charge in [-0.1, -0.05) is 0 Å². The van der Waals surface area contributed by atoms with Crippen LogP contribution in [0.25, 0.3) is 0 Å². The number of fused-ring (bicyclic) bond motifs is 1. The first-order chi connectivity index (χ1) is 10.1. The van der Waals surface area contributed by atoms with E-state index in [0.29, 0.717) is 19.8 Å². The van der Waals surface area contributed by atoms with E-state index < -0.39 is 0 Å². The molecule has 1 saturated heterocycles. The molecule has 0 saturated carbocycles. The number of rotatable bonds is 2. The lowest BCUT2D eigenvalue weighted by molar-refractivity contribution is -0.123. The van der Waals surface area contributed by atoms with Crippen LogP contribution in [-0.2, 0) is 9.53 Å². The van der Waals surface area contributed by atoms with Crippen LogP contribution in [0.1, 0.15) is 6.92 Å². The molecule has 0 aromatic heterocycles. The zero-order chi connectivity index (χ0) is 14.8. The topological polar surface area (TPSA) is 62.8 Å². The first-order valence-corrected chi connectivity index (χ1v) is 7.29. The maximum atomic E-state index is 12.3. The monoisotopic (exact) mass is 291 g/mol. The molecule has 1 aromatic carbocycles. The number of hydrogen-bond donors (Lipinski definition) is 2. The Bertz CT molecular complexity index is 535. The van der Waals surface area contributed by atoms with Crippen LogP contribution < -0.4 is 20.3 Å². The molecule has 6 heteroatoms. The molecule has 2 aliphatic heterocycles. The predicted octanol–water partition coefficient (Wildman–Crippen LogP) is 0.831. The number of carbonyl (C=O) groups excluding carboxylic acids is 1. The van der Waals surface area contributed by atoms with Crippen LogP contribution in [0.4, 0.5) is 11.4 Å². The summed E-state index contributed by atoms with van der Waals surface area (Å²) in [4.78, 5) is 14.5. The van der Waals surface area contributed by atoms with Crippen molar-refractivity contribution in [2.75, 3.05) is 43.6 Å². The summed E-state index contributed by atoms with van der Waals surface area (Å²) in [6.45, 7) is 4.79. The van der Waals surface area contributed by atoms with Crippen LogP contribution in [0, 0.1) is 0 Å². The Balaban J connectivity index is 1.72. The van der Waals surface area contributed by atoms with Gasteiger partial charge in [-0.05, 0) is 25.1 Å². The van der Waals surface area contributed by atoms with Crippen LogP contribution in [0.2, 0.25) is 0 Å². The van der Waals surface area contributed by atoms with Crippen molar-refractivity contribution in [3.63, 3.8) is 0 Å². The van der Waals surface area contributed by atoms with Gasteiger partial charge in [-0.15, -0.1) is 0 Å². The Labute approximate surface area is 124 Å². The Kier molecular flexibility index (Phi) is 3.98. The van der Waals surface area contributed by atoms with Crippen molar-refractivity contribution in [1.29, 1.82) is 0 Å². The Morgan fingerprint density at radius 3 is 3.10 bits per heavy atom. The van der Waals surface area contributed by atoms with Crippen molar-refractivity contribution in [3.05, 3.63) is 18.2 Å². The smallest absolute Gasteiger partial charge is 0.244 e. The molecular formula is C15H21N3O3. The van der Waals surface area contributed by atoms with Gasteiger partial charge in [-0.25, -0.2) is 0 Å². The minimum absolute atomic E-state index is 0.0680. The number of carbonyl (C=O) groups is 1. The highest BCUT2D eigenvalue weighted by Gasteiger charge is 2.28. The standard InChI is InChI=1S/C15H21N3O3/c1-10-14(16-5-7-20-10)15(19)17-11-3-4-13-12(9-11)18(2)6-8-21-13/h3-4,9-10,14,16H,5-8H2,1-2H3,(H,17,19)/t10-,14+/m1/s1. The molecule has 0 aliphatic carbocycles. The number of benzene rings is 1. The maximum absolute atomic E-state index is 12.3. The highest BCUT2D eigenvalue weighted by atomic mass is 16.5. The summed E-state index contributed by atoms with van der Waals surface area (Å²) in [6.07, 6.45) is -0.123. The lowest BCUT2D eigenvalue weighted by Gasteiger charge is -2.30. The third kappa shape index (κ3) is 2.96. The lowest BCUT2D eigenvalue weighted by atomic mass is 10.1. The summed E-state index contributed by atoms with van der Waals surface area (Å²) in [5, 5.41) is 6.14. The highest BCUT2D eigenvalue weighted by molar-refractivity contribution is 5.96. The molecule has 3 rings (SSSR count). The fourth-order valence-electron chi connectivity index (χ4n) is 2.68. The maximum Gasteiger partial charge on any atom is 0.244 e. The zero-order valence-electron chi connectivity index (χ0n) is 12.4. The first-order valence-electron chi connectivity index (χ1n) is 7.29. The largest absolute Gasteiger partial charge is 0.490 e. The van der Waals surface area contributed by atoms with E-state index in [4.69, 9.17) is 9.47 Å². The van der Waals surface area contributed by atoms with E-state index in [1.54, 1.807) is 0 Å². The molecule has 2 heterocycles. The van der Waals surface area contributed by atoms with E-state index in [2.05, 4.69) is 15.5 Å². The molecule has 2 atom stereocenters. The molecule has 0 spiro atoms. The second kappa shape index (κ2) is 5.91. The number of ether oxygens (including phenoxy) is 2. The Morgan fingerprint density at radius 2 is 2.29 bits per heavy atom. The van der Waals surface area contributed by atoms with Gasteiger partial charge >= 0.3 is 0 Å². The molecule has 1 amide bonds. The van der Waals surface area contributed by atoms with Crippen LogP contribution in [0.3, 0.4) is 0 Å². The van der Waals surface area contributed by atoms with Gasteiger partial charge in [0.05, 0.1) is 24.9 Å². The van der Waals surface area contributed by atoms with Gasteiger partial charge in [-0.3, -0.25) is 4.79 Å². The summed E-state index contributed by atoms with van der Waals surface area (Å²) in [6, 6.07) is 5.39. The summed E-state index contributed by atoms with van der Waals surface area (Å²) in [5.41, 5.74) is 1.77. The van der Waals surface area contributed by atoms with Crippen molar-refractivity contribution < 1.29 is 14.3 Å². The van der Waals surface area contributed by atoms with Gasteiger partial charge in [0.15, 0.2) is 0 Å². The number of nitrogens with zero attached hydrogens (tertiary/aromatic N) is 1. The fraction of sp³-hybridized carbons (Fsp3) is 0.533. The number of likely N-dealkylation sites (N-methyl/N-ethyl adjacent to an activating group) is 1. The van der Waals surface area contributed by atoms with Crippen molar-refractivity contribution in [3.8, 4) is 5.75 Å². The van der Waals surface area contributed by atoms with E-state index in [0.717, 1.165) is 23.7 Å². The Morgan fingerprint density at radius 1 is 1.43 bits per heavy atom. The highest BCUT2D eigenvalue weighted by Crippen LogP contribution is 2.33. The van der Waals surface area contributed by atoms with Crippen molar-refractivity contribution in [2.24, 2.45) is 0 Å². The molecule has 2 N–H and O–H groups in total. The van der Waals surface area contributed by atoms with E-state index in [9.17, 15) is 4.79 Å². The second-order valence-electron chi connectivity index (χ2n) is 5.45. The fourth-order valence-corrected chi connectivity index (χ4v) is 2.68. The molecule has 0 radical (unpaired) electrons. The van der Waals surface area contributed by atoms with E-state index in [-0.39, 0.29) is 18.1 Å².